The number of ether oxygens (including phenoxy) is 1. The van der Waals surface area contributed by atoms with Crippen LogP contribution in [0.4, 0.5) is 5.82 Å². The van der Waals surface area contributed by atoms with Crippen molar-refractivity contribution in [1.82, 2.24) is 14.9 Å². The molecular weight excluding hydrogens is 256 g/mol. The molecule has 1 N–H and O–H groups in total. The van der Waals surface area contributed by atoms with E-state index in [2.05, 4.69) is 52.6 Å². The van der Waals surface area contributed by atoms with E-state index in [0.29, 0.717) is 17.9 Å². The van der Waals surface area contributed by atoms with Crippen molar-refractivity contribution < 1.29 is 9.53 Å². The monoisotopic (exact) mass is 280 g/mol. The van der Waals surface area contributed by atoms with Crippen LogP contribution < -0.4 is 5.32 Å². The van der Waals surface area contributed by atoms with Gasteiger partial charge in [0.05, 0.1) is 7.11 Å². The molecule has 112 valence electrons. The SMILES string of the molecule is COC(=O)c1nccc(NCCN(C(C)C)C(C)C)n1. The van der Waals surface area contributed by atoms with Crippen molar-refractivity contribution in [2.75, 3.05) is 25.5 Å². The highest BCUT2D eigenvalue weighted by atomic mass is 16.5. The number of anilines is 1. The Balaban J connectivity index is 2.55. The second kappa shape index (κ2) is 7.79. The highest BCUT2D eigenvalue weighted by molar-refractivity contribution is 5.85. The number of rotatable bonds is 7. The quantitative estimate of drug-likeness (QED) is 0.768. The lowest BCUT2D eigenvalue weighted by molar-refractivity contribution is 0.0587. The minimum absolute atomic E-state index is 0.0714. The summed E-state index contributed by atoms with van der Waals surface area (Å²) in [6.07, 6.45) is 1.55. The van der Waals surface area contributed by atoms with E-state index in [1.165, 1.54) is 7.11 Å². The van der Waals surface area contributed by atoms with Gasteiger partial charge in [-0.2, -0.15) is 0 Å². The summed E-state index contributed by atoms with van der Waals surface area (Å²) >= 11 is 0. The standard InChI is InChI=1S/C14H24N4O2/c1-10(2)18(11(3)4)9-8-15-12-6-7-16-13(17-12)14(19)20-5/h6-7,10-11H,8-9H2,1-5H3,(H,15,16,17). The van der Waals surface area contributed by atoms with E-state index in [1.54, 1.807) is 12.3 Å². The molecule has 0 atom stereocenters. The molecule has 0 fully saturated rings. The summed E-state index contributed by atoms with van der Waals surface area (Å²) in [7, 11) is 1.31. The van der Waals surface area contributed by atoms with Crippen molar-refractivity contribution in [3.63, 3.8) is 0 Å². The van der Waals surface area contributed by atoms with Crippen LogP contribution in [0.5, 0.6) is 0 Å². The predicted molar refractivity (Wildman–Crippen MR) is 78.8 cm³/mol. The van der Waals surface area contributed by atoms with Crippen LogP contribution in [0.1, 0.15) is 38.3 Å². The fourth-order valence-electron chi connectivity index (χ4n) is 2.07. The number of carbonyl (C=O) groups excluding carboxylic acids is 1. The minimum atomic E-state index is -0.528. The predicted octanol–water partition coefficient (Wildman–Crippen LogP) is 1.79. The number of nitrogens with zero attached hydrogens (tertiary/aromatic N) is 3. The lowest BCUT2D eigenvalue weighted by Crippen LogP contribution is -2.40. The second-order valence-corrected chi connectivity index (χ2v) is 5.11. The van der Waals surface area contributed by atoms with Gasteiger partial charge in [0.1, 0.15) is 5.82 Å². The fraction of sp³-hybridized carbons (Fsp3) is 0.643. The van der Waals surface area contributed by atoms with E-state index < -0.39 is 5.97 Å². The van der Waals surface area contributed by atoms with E-state index in [4.69, 9.17) is 0 Å². The number of esters is 1. The van der Waals surface area contributed by atoms with E-state index in [1.807, 2.05) is 0 Å². The zero-order valence-corrected chi connectivity index (χ0v) is 12.9. The smallest absolute Gasteiger partial charge is 0.376 e. The Morgan fingerprint density at radius 1 is 1.35 bits per heavy atom. The van der Waals surface area contributed by atoms with Gasteiger partial charge in [-0.25, -0.2) is 14.8 Å². The van der Waals surface area contributed by atoms with Gasteiger partial charge >= 0.3 is 5.97 Å². The van der Waals surface area contributed by atoms with Gasteiger partial charge in [-0.1, -0.05) is 0 Å². The van der Waals surface area contributed by atoms with E-state index >= 15 is 0 Å². The second-order valence-electron chi connectivity index (χ2n) is 5.11. The summed E-state index contributed by atoms with van der Waals surface area (Å²) < 4.78 is 4.60. The molecule has 0 radical (unpaired) electrons. The van der Waals surface area contributed by atoms with Gasteiger partial charge in [-0.3, -0.25) is 4.90 Å². The van der Waals surface area contributed by atoms with Gasteiger partial charge in [0.15, 0.2) is 0 Å². The summed E-state index contributed by atoms with van der Waals surface area (Å²) in [4.78, 5) is 21.7. The number of methoxy groups -OCH3 is 1. The number of hydrogen-bond donors (Lipinski definition) is 1. The number of nitrogens with one attached hydrogen (secondary N) is 1. The van der Waals surface area contributed by atoms with Crippen LogP contribution in [0.15, 0.2) is 12.3 Å². The Morgan fingerprint density at radius 3 is 2.55 bits per heavy atom. The molecule has 1 heterocycles. The molecular formula is C14H24N4O2. The van der Waals surface area contributed by atoms with Crippen LogP contribution in [0.3, 0.4) is 0 Å². The zero-order valence-electron chi connectivity index (χ0n) is 12.9. The van der Waals surface area contributed by atoms with Crippen LogP contribution in [-0.2, 0) is 4.74 Å². The molecule has 1 aromatic rings. The van der Waals surface area contributed by atoms with Crippen LogP contribution in [-0.4, -0.2) is 53.1 Å². The number of carbonyl (C=O) groups is 1. The Labute approximate surface area is 120 Å². The maximum atomic E-state index is 11.3. The van der Waals surface area contributed by atoms with Crippen LogP contribution >= 0.6 is 0 Å². The van der Waals surface area contributed by atoms with E-state index in [-0.39, 0.29) is 5.82 Å². The molecule has 0 aliphatic rings. The molecule has 20 heavy (non-hydrogen) atoms. The average molecular weight is 280 g/mol. The molecule has 0 unspecified atom stereocenters. The topological polar surface area (TPSA) is 67.3 Å². The summed E-state index contributed by atoms with van der Waals surface area (Å²) in [5, 5.41) is 3.20. The third kappa shape index (κ3) is 4.77. The summed E-state index contributed by atoms with van der Waals surface area (Å²) in [6, 6.07) is 2.72. The van der Waals surface area contributed by atoms with Crippen molar-refractivity contribution in [3.8, 4) is 0 Å². The third-order valence-electron chi connectivity index (χ3n) is 3.03. The summed E-state index contributed by atoms with van der Waals surface area (Å²) in [5.74, 6) is 0.176. The van der Waals surface area contributed by atoms with Gasteiger partial charge in [-0.15, -0.1) is 0 Å². The Bertz CT molecular complexity index is 427. The first-order valence-corrected chi connectivity index (χ1v) is 6.86. The van der Waals surface area contributed by atoms with Crippen molar-refractivity contribution in [3.05, 3.63) is 18.1 Å². The van der Waals surface area contributed by atoms with Gasteiger partial charge in [-0.05, 0) is 33.8 Å². The lowest BCUT2D eigenvalue weighted by Gasteiger charge is -2.30. The molecule has 1 aromatic heterocycles. The first-order valence-electron chi connectivity index (χ1n) is 6.86. The first-order chi connectivity index (χ1) is 9.45. The van der Waals surface area contributed by atoms with Crippen LogP contribution in [0.25, 0.3) is 0 Å². The van der Waals surface area contributed by atoms with Gasteiger partial charge in [0, 0.05) is 31.4 Å². The van der Waals surface area contributed by atoms with Crippen molar-refractivity contribution in [1.29, 1.82) is 0 Å². The van der Waals surface area contributed by atoms with Gasteiger partial charge in [0.2, 0.25) is 5.82 Å². The molecule has 0 saturated heterocycles. The molecule has 0 bridgehead atoms. The maximum absolute atomic E-state index is 11.3. The molecule has 6 nitrogen and oxygen atoms in total. The molecule has 0 amide bonds. The number of aromatic nitrogens is 2. The third-order valence-corrected chi connectivity index (χ3v) is 3.03. The van der Waals surface area contributed by atoms with Crippen molar-refractivity contribution in [2.45, 2.75) is 39.8 Å². The molecule has 6 heteroatoms. The molecule has 0 aliphatic carbocycles. The Hall–Kier alpha value is -1.69. The zero-order chi connectivity index (χ0) is 15.1. The van der Waals surface area contributed by atoms with Gasteiger partial charge in [0.25, 0.3) is 0 Å². The summed E-state index contributed by atoms with van der Waals surface area (Å²) in [5.41, 5.74) is 0. The largest absolute Gasteiger partial charge is 0.463 e. The Morgan fingerprint density at radius 2 is 2.00 bits per heavy atom. The van der Waals surface area contributed by atoms with E-state index in [0.717, 1.165) is 13.1 Å². The molecule has 0 spiro atoms. The fourth-order valence-corrected chi connectivity index (χ4v) is 2.07. The number of hydrogen-bond acceptors (Lipinski definition) is 6. The minimum Gasteiger partial charge on any atom is -0.463 e. The van der Waals surface area contributed by atoms with Crippen LogP contribution in [0, 0.1) is 0 Å². The highest BCUT2D eigenvalue weighted by Gasteiger charge is 2.13. The van der Waals surface area contributed by atoms with Crippen molar-refractivity contribution >= 4 is 11.8 Å². The average Bonchev–Trinajstić information content (AvgIpc) is 2.42. The normalized spacial score (nSPS) is 11.2. The maximum Gasteiger partial charge on any atom is 0.376 e. The molecule has 0 aliphatic heterocycles. The molecule has 0 saturated carbocycles. The first kappa shape index (κ1) is 16.4. The van der Waals surface area contributed by atoms with E-state index in [9.17, 15) is 4.79 Å². The molecule has 1 rings (SSSR count). The van der Waals surface area contributed by atoms with Crippen molar-refractivity contribution in [2.24, 2.45) is 0 Å². The van der Waals surface area contributed by atoms with Crippen LogP contribution in [0.2, 0.25) is 0 Å². The summed E-state index contributed by atoms with van der Waals surface area (Å²) in [6.45, 7) is 10.4. The van der Waals surface area contributed by atoms with Gasteiger partial charge < -0.3 is 10.1 Å². The lowest BCUT2D eigenvalue weighted by atomic mass is 10.2. The Kier molecular flexibility index (Phi) is 6.38. The highest BCUT2D eigenvalue weighted by Crippen LogP contribution is 2.06. The molecule has 0 aromatic carbocycles.